The van der Waals surface area contributed by atoms with Gasteiger partial charge in [-0.05, 0) is 32.4 Å². The van der Waals surface area contributed by atoms with Crippen molar-refractivity contribution in [1.29, 1.82) is 5.26 Å². The van der Waals surface area contributed by atoms with E-state index in [4.69, 9.17) is 4.74 Å². The smallest absolute Gasteiger partial charge is 0.340 e. The van der Waals surface area contributed by atoms with Crippen molar-refractivity contribution in [3.63, 3.8) is 0 Å². The molecule has 1 aromatic heterocycles. The summed E-state index contributed by atoms with van der Waals surface area (Å²) in [6, 6.07) is 11.9. The van der Waals surface area contributed by atoms with Crippen molar-refractivity contribution in [3.8, 4) is 6.07 Å². The van der Waals surface area contributed by atoms with Crippen molar-refractivity contribution in [2.45, 2.75) is 31.6 Å². The van der Waals surface area contributed by atoms with E-state index in [0.29, 0.717) is 28.5 Å². The number of esters is 1. The summed E-state index contributed by atoms with van der Waals surface area (Å²) in [6.07, 6.45) is 0. The first-order valence-electron chi connectivity index (χ1n) is 7.32. The fraction of sp³-hybridized carbons (Fsp3) is 0.278. The van der Waals surface area contributed by atoms with Gasteiger partial charge < -0.3 is 4.74 Å². The largest absolute Gasteiger partial charge is 0.462 e. The summed E-state index contributed by atoms with van der Waals surface area (Å²) in [5.74, 6) is 0.283. The van der Waals surface area contributed by atoms with Crippen LogP contribution in [0.25, 0.3) is 0 Å². The normalized spacial score (nSPS) is 10.2. The van der Waals surface area contributed by atoms with E-state index in [1.165, 1.54) is 22.9 Å². The quantitative estimate of drug-likeness (QED) is 0.613. The van der Waals surface area contributed by atoms with E-state index in [1.807, 2.05) is 25.1 Å². The third kappa shape index (κ3) is 4.33. The summed E-state index contributed by atoms with van der Waals surface area (Å²) in [5.41, 5.74) is 3.70. The van der Waals surface area contributed by atoms with Gasteiger partial charge in [0, 0.05) is 5.75 Å². The molecular weight excluding hydrogens is 308 g/mol. The number of benzene rings is 1. The third-order valence-corrected chi connectivity index (χ3v) is 4.31. The molecule has 2 aromatic rings. The molecule has 0 aliphatic carbocycles. The lowest BCUT2D eigenvalue weighted by Gasteiger charge is -2.09. The van der Waals surface area contributed by atoms with Crippen LogP contribution in [0.4, 0.5) is 0 Å². The Balaban J connectivity index is 2.24. The van der Waals surface area contributed by atoms with Crippen LogP contribution in [0.2, 0.25) is 0 Å². The molecule has 0 aliphatic rings. The molecule has 2 rings (SSSR count). The fourth-order valence-corrected chi connectivity index (χ4v) is 3.09. The molecule has 23 heavy (non-hydrogen) atoms. The maximum Gasteiger partial charge on any atom is 0.340 e. The van der Waals surface area contributed by atoms with Gasteiger partial charge in [0.2, 0.25) is 0 Å². The van der Waals surface area contributed by atoms with Gasteiger partial charge in [0.15, 0.2) is 0 Å². The highest BCUT2D eigenvalue weighted by Crippen LogP contribution is 2.26. The number of hydrogen-bond acceptors (Lipinski definition) is 5. The van der Waals surface area contributed by atoms with E-state index in [2.05, 4.69) is 17.1 Å². The zero-order valence-corrected chi connectivity index (χ0v) is 14.2. The van der Waals surface area contributed by atoms with Crippen molar-refractivity contribution in [1.82, 2.24) is 4.98 Å². The number of nitrogens with zero attached hydrogens (tertiary/aromatic N) is 2. The molecule has 0 saturated carbocycles. The Bertz CT molecular complexity index is 766. The van der Waals surface area contributed by atoms with Crippen LogP contribution in [0.15, 0.2) is 35.4 Å². The van der Waals surface area contributed by atoms with Gasteiger partial charge in [0.25, 0.3) is 0 Å². The summed E-state index contributed by atoms with van der Waals surface area (Å²) >= 11 is 1.50. The van der Waals surface area contributed by atoms with Crippen molar-refractivity contribution >= 4 is 17.7 Å². The maximum absolute atomic E-state index is 11.9. The monoisotopic (exact) mass is 326 g/mol. The number of carbonyl (C=O) groups is 1. The highest BCUT2D eigenvalue weighted by atomic mass is 32.2. The molecule has 0 aliphatic heterocycles. The molecule has 4 nitrogen and oxygen atoms in total. The molecule has 0 unspecified atom stereocenters. The van der Waals surface area contributed by atoms with Crippen LogP contribution in [0.1, 0.15) is 39.7 Å². The minimum absolute atomic E-state index is 0.296. The molecule has 0 N–H and O–H groups in total. The summed E-state index contributed by atoms with van der Waals surface area (Å²) in [7, 11) is 0. The van der Waals surface area contributed by atoms with E-state index in [-0.39, 0.29) is 0 Å². The molecule has 1 aromatic carbocycles. The highest BCUT2D eigenvalue weighted by molar-refractivity contribution is 7.98. The van der Waals surface area contributed by atoms with E-state index >= 15 is 0 Å². The van der Waals surface area contributed by atoms with Crippen molar-refractivity contribution in [3.05, 3.63) is 58.3 Å². The Morgan fingerprint density at radius 1 is 1.35 bits per heavy atom. The second kappa shape index (κ2) is 7.80. The number of aryl methyl sites for hydroxylation is 2. The lowest BCUT2D eigenvalue weighted by molar-refractivity contribution is 0.0524. The van der Waals surface area contributed by atoms with Gasteiger partial charge in [-0.3, -0.25) is 0 Å². The SMILES string of the molecule is CCOC(=O)c1cc(C#N)c(SCc2cccc(C)c2)nc1C. The van der Waals surface area contributed by atoms with E-state index in [1.54, 1.807) is 19.9 Å². The minimum Gasteiger partial charge on any atom is -0.462 e. The molecule has 0 radical (unpaired) electrons. The highest BCUT2D eigenvalue weighted by Gasteiger charge is 2.16. The first-order valence-corrected chi connectivity index (χ1v) is 8.31. The van der Waals surface area contributed by atoms with Crippen LogP contribution < -0.4 is 0 Å². The van der Waals surface area contributed by atoms with Gasteiger partial charge in [0.05, 0.1) is 23.4 Å². The van der Waals surface area contributed by atoms with E-state index < -0.39 is 5.97 Å². The lowest BCUT2D eigenvalue weighted by atomic mass is 10.1. The summed E-state index contributed by atoms with van der Waals surface area (Å²) in [4.78, 5) is 16.3. The standard InChI is InChI=1S/C18H18N2O2S/c1-4-22-18(21)16-9-15(10-19)17(20-13(16)3)23-11-14-7-5-6-12(2)8-14/h5-9H,4,11H2,1-3H3. The minimum atomic E-state index is -0.441. The number of nitriles is 1. The van der Waals surface area contributed by atoms with Crippen LogP contribution >= 0.6 is 11.8 Å². The molecule has 118 valence electrons. The first-order chi connectivity index (χ1) is 11.0. The predicted octanol–water partition coefficient (Wildman–Crippen LogP) is 4.04. The third-order valence-electron chi connectivity index (χ3n) is 3.25. The van der Waals surface area contributed by atoms with Crippen LogP contribution in [0, 0.1) is 25.2 Å². The number of thioether (sulfide) groups is 1. The number of carbonyl (C=O) groups excluding carboxylic acids is 1. The molecule has 1 heterocycles. The van der Waals surface area contributed by atoms with Crippen molar-refractivity contribution in [2.24, 2.45) is 0 Å². The van der Waals surface area contributed by atoms with Crippen LogP contribution in [-0.2, 0) is 10.5 Å². The molecular formula is C18H18N2O2S. The van der Waals surface area contributed by atoms with Gasteiger partial charge in [0.1, 0.15) is 11.1 Å². The number of pyridine rings is 1. The molecule has 0 amide bonds. The van der Waals surface area contributed by atoms with Crippen molar-refractivity contribution < 1.29 is 9.53 Å². The molecule has 0 bridgehead atoms. The fourth-order valence-electron chi connectivity index (χ4n) is 2.14. The molecule has 0 spiro atoms. The number of aromatic nitrogens is 1. The molecule has 5 heteroatoms. The van der Waals surface area contributed by atoms with Crippen LogP contribution in [0.5, 0.6) is 0 Å². The van der Waals surface area contributed by atoms with Gasteiger partial charge in [-0.1, -0.05) is 29.8 Å². The predicted molar refractivity (Wildman–Crippen MR) is 90.4 cm³/mol. The van der Waals surface area contributed by atoms with Gasteiger partial charge in [-0.25, -0.2) is 9.78 Å². The number of ether oxygens (including phenoxy) is 1. The van der Waals surface area contributed by atoms with Crippen molar-refractivity contribution in [2.75, 3.05) is 6.61 Å². The Kier molecular flexibility index (Phi) is 5.78. The number of hydrogen-bond donors (Lipinski definition) is 0. The molecule has 0 fully saturated rings. The Morgan fingerprint density at radius 3 is 2.78 bits per heavy atom. The second-order valence-electron chi connectivity index (χ2n) is 5.08. The average molecular weight is 326 g/mol. The second-order valence-corrected chi connectivity index (χ2v) is 6.05. The van der Waals surface area contributed by atoms with Crippen LogP contribution in [-0.4, -0.2) is 17.6 Å². The molecule has 0 saturated heterocycles. The zero-order valence-electron chi connectivity index (χ0n) is 13.4. The Hall–Kier alpha value is -2.32. The van der Waals surface area contributed by atoms with E-state index in [0.717, 1.165) is 5.75 Å². The summed E-state index contributed by atoms with van der Waals surface area (Å²) < 4.78 is 5.00. The van der Waals surface area contributed by atoms with Crippen LogP contribution in [0.3, 0.4) is 0 Å². The average Bonchev–Trinajstić information content (AvgIpc) is 2.53. The van der Waals surface area contributed by atoms with Gasteiger partial charge >= 0.3 is 5.97 Å². The summed E-state index contributed by atoms with van der Waals surface area (Å²) in [5, 5.41) is 9.97. The van der Waals surface area contributed by atoms with Gasteiger partial charge in [-0.2, -0.15) is 5.26 Å². The Labute approximate surface area is 140 Å². The zero-order chi connectivity index (χ0) is 16.8. The summed E-state index contributed by atoms with van der Waals surface area (Å²) in [6.45, 7) is 5.84. The maximum atomic E-state index is 11.9. The van der Waals surface area contributed by atoms with E-state index in [9.17, 15) is 10.1 Å². The first kappa shape index (κ1) is 17.0. The molecule has 0 atom stereocenters. The lowest BCUT2D eigenvalue weighted by Crippen LogP contribution is -2.09. The topological polar surface area (TPSA) is 63.0 Å². The Morgan fingerprint density at radius 2 is 2.13 bits per heavy atom. The van der Waals surface area contributed by atoms with Gasteiger partial charge in [-0.15, -0.1) is 11.8 Å². The number of rotatable bonds is 5.